The second kappa shape index (κ2) is 4.93. The average Bonchev–Trinajstić information content (AvgIpc) is 1.83. The van der Waals surface area contributed by atoms with E-state index in [2.05, 4.69) is 36.4 Å². The number of hydrazine groups is 1. The van der Waals surface area contributed by atoms with Gasteiger partial charge in [-0.3, -0.25) is 10.2 Å². The normalized spacial score (nSPS) is 13.8. The highest BCUT2D eigenvalue weighted by molar-refractivity contribution is 6.62. The Morgan fingerprint density at radius 1 is 1.22 bits per heavy atom. The van der Waals surface area contributed by atoms with E-state index in [1.807, 2.05) is 5.70 Å². The van der Waals surface area contributed by atoms with Gasteiger partial charge in [-0.05, 0) is 0 Å². The second-order valence-electron chi connectivity index (χ2n) is 2.47. The molecule has 0 saturated heterocycles. The van der Waals surface area contributed by atoms with Crippen molar-refractivity contribution >= 4 is 17.9 Å². The molecule has 0 aliphatic rings. The van der Waals surface area contributed by atoms with Crippen molar-refractivity contribution in [3.8, 4) is 0 Å². The number of hydrogen-bond donors (Lipinski definition) is 2. The van der Waals surface area contributed by atoms with E-state index in [4.69, 9.17) is 0 Å². The molecule has 1 unspecified atom stereocenters. The third-order valence-electron chi connectivity index (χ3n) is 0.953. The number of nitrogens with one attached hydrogen (secondary N) is 2. The fourth-order valence-corrected chi connectivity index (χ4v) is 2.86. The molecule has 9 heavy (non-hydrogen) atoms. The molecule has 0 aliphatic heterocycles. The summed E-state index contributed by atoms with van der Waals surface area (Å²) >= 11 is 0. The van der Waals surface area contributed by atoms with Crippen molar-refractivity contribution in [1.29, 1.82) is 0 Å². The van der Waals surface area contributed by atoms with Gasteiger partial charge in [0.25, 0.3) is 0 Å². The lowest BCUT2D eigenvalue weighted by Gasteiger charge is -2.10. The molecule has 0 aromatic carbocycles. The van der Waals surface area contributed by atoms with Gasteiger partial charge in [0, 0.05) is 0 Å². The molecule has 0 spiro atoms. The number of hydrogen-bond acceptors (Lipinski definition) is 2. The van der Waals surface area contributed by atoms with Crippen LogP contribution in [0.2, 0.25) is 19.6 Å². The van der Waals surface area contributed by atoms with Crippen LogP contribution in [-0.4, -0.2) is 17.9 Å². The van der Waals surface area contributed by atoms with E-state index in [-0.39, 0.29) is 0 Å². The summed E-state index contributed by atoms with van der Waals surface area (Å²) < 4.78 is 0. The molecule has 0 radical (unpaired) electrons. The van der Waals surface area contributed by atoms with Gasteiger partial charge in [0.2, 0.25) is 0 Å². The van der Waals surface area contributed by atoms with Gasteiger partial charge in [-0.25, -0.2) is 0 Å². The Kier molecular flexibility index (Phi) is 4.98. The van der Waals surface area contributed by atoms with E-state index < -0.39 is 17.9 Å². The topological polar surface area (TPSA) is 24.1 Å². The summed E-state index contributed by atoms with van der Waals surface area (Å²) in [6.07, 6.45) is 0. The first-order valence-electron chi connectivity index (χ1n) is 3.30. The van der Waals surface area contributed by atoms with Crippen LogP contribution in [0.3, 0.4) is 0 Å². The van der Waals surface area contributed by atoms with E-state index in [0.717, 1.165) is 0 Å². The molecule has 0 fully saturated rings. The van der Waals surface area contributed by atoms with E-state index in [9.17, 15) is 0 Å². The lowest BCUT2D eigenvalue weighted by atomic mass is 11.3. The minimum absolute atomic E-state index is 0.615. The monoisotopic (exact) mass is 160 g/mol. The molecule has 0 aliphatic carbocycles. The SMILES string of the molecule is C=C[SiH](C)NN[SiH](C)C. The van der Waals surface area contributed by atoms with Crippen LogP contribution in [0.4, 0.5) is 0 Å². The van der Waals surface area contributed by atoms with Crippen LogP contribution in [-0.2, 0) is 0 Å². The summed E-state index contributed by atoms with van der Waals surface area (Å²) in [5.74, 6) is 0. The van der Waals surface area contributed by atoms with Gasteiger partial charge in [-0.2, -0.15) is 0 Å². The van der Waals surface area contributed by atoms with Gasteiger partial charge in [0.05, 0.1) is 0 Å². The predicted molar refractivity (Wildman–Crippen MR) is 48.4 cm³/mol. The zero-order valence-electron chi connectivity index (χ0n) is 6.44. The van der Waals surface area contributed by atoms with Crippen LogP contribution in [0, 0.1) is 0 Å². The van der Waals surface area contributed by atoms with Gasteiger partial charge < -0.3 is 0 Å². The number of rotatable bonds is 4. The summed E-state index contributed by atoms with van der Waals surface area (Å²) in [7, 11) is -1.41. The largest absolute Gasteiger partial charge is 0.289 e. The van der Waals surface area contributed by atoms with E-state index in [1.165, 1.54) is 0 Å². The van der Waals surface area contributed by atoms with Crippen molar-refractivity contribution in [3.63, 3.8) is 0 Å². The average molecular weight is 160 g/mol. The highest BCUT2D eigenvalue weighted by Gasteiger charge is 1.96. The fraction of sp³-hybridized carbons (Fsp3) is 0.600. The molecule has 0 amide bonds. The Morgan fingerprint density at radius 2 is 1.78 bits per heavy atom. The highest BCUT2D eigenvalue weighted by atomic mass is 28.3. The standard InChI is InChI=1S/C5H16N2Si2/c1-5-9(4)7-6-8(2)3/h5-9H,1H2,2-4H3. The van der Waals surface area contributed by atoms with Crippen LogP contribution in [0.1, 0.15) is 0 Å². The summed E-state index contributed by atoms with van der Waals surface area (Å²) in [5.41, 5.74) is 2.02. The smallest absolute Gasteiger partial charge is 0.144 e. The molecule has 0 bridgehead atoms. The first-order valence-corrected chi connectivity index (χ1v) is 8.59. The van der Waals surface area contributed by atoms with Crippen LogP contribution in [0.5, 0.6) is 0 Å². The maximum Gasteiger partial charge on any atom is 0.144 e. The van der Waals surface area contributed by atoms with Crippen molar-refractivity contribution in [3.05, 3.63) is 12.3 Å². The summed E-state index contributed by atoms with van der Waals surface area (Å²) in [6, 6.07) is 0. The van der Waals surface area contributed by atoms with E-state index in [0.29, 0.717) is 0 Å². The van der Waals surface area contributed by atoms with Gasteiger partial charge in [0.15, 0.2) is 0 Å². The minimum Gasteiger partial charge on any atom is -0.289 e. The molecule has 0 rings (SSSR count). The van der Waals surface area contributed by atoms with Gasteiger partial charge in [-0.15, -0.1) is 6.58 Å². The molecule has 0 saturated carbocycles. The third-order valence-corrected chi connectivity index (χ3v) is 3.36. The van der Waals surface area contributed by atoms with E-state index in [1.54, 1.807) is 0 Å². The summed E-state index contributed by atoms with van der Waals surface area (Å²) in [6.45, 7) is 10.4. The van der Waals surface area contributed by atoms with Gasteiger partial charge in [-0.1, -0.05) is 25.3 Å². The molecule has 4 heteroatoms. The van der Waals surface area contributed by atoms with Crippen LogP contribution in [0.25, 0.3) is 0 Å². The zero-order valence-corrected chi connectivity index (χ0v) is 8.75. The quantitative estimate of drug-likeness (QED) is 0.452. The second-order valence-corrected chi connectivity index (χ2v) is 7.40. The fourth-order valence-electron chi connectivity index (χ4n) is 0.357. The molecule has 54 valence electrons. The Hall–Kier alpha value is 0.0938. The molecular formula is C5H16N2Si2. The minimum atomic E-state index is -0.800. The van der Waals surface area contributed by atoms with Gasteiger partial charge in [0.1, 0.15) is 17.9 Å². The first kappa shape index (κ1) is 9.09. The maximum absolute atomic E-state index is 3.71. The molecular weight excluding hydrogens is 144 g/mol. The lowest BCUT2D eigenvalue weighted by molar-refractivity contribution is 0.910. The first-order chi connectivity index (χ1) is 4.16. The molecule has 0 aromatic heterocycles. The third kappa shape index (κ3) is 5.97. The van der Waals surface area contributed by atoms with Crippen molar-refractivity contribution < 1.29 is 0 Å². The Morgan fingerprint density at radius 3 is 2.11 bits per heavy atom. The van der Waals surface area contributed by atoms with Crippen molar-refractivity contribution in [1.82, 2.24) is 10.2 Å². The van der Waals surface area contributed by atoms with Gasteiger partial charge >= 0.3 is 0 Å². The maximum atomic E-state index is 3.71. The summed E-state index contributed by atoms with van der Waals surface area (Å²) in [5, 5.41) is 6.54. The van der Waals surface area contributed by atoms with Crippen LogP contribution >= 0.6 is 0 Å². The highest BCUT2D eigenvalue weighted by Crippen LogP contribution is 1.73. The summed E-state index contributed by atoms with van der Waals surface area (Å²) in [4.78, 5) is 0. The van der Waals surface area contributed by atoms with Crippen molar-refractivity contribution in [2.24, 2.45) is 0 Å². The van der Waals surface area contributed by atoms with Crippen molar-refractivity contribution in [2.75, 3.05) is 0 Å². The molecule has 0 aromatic rings. The molecule has 1 atom stereocenters. The zero-order chi connectivity index (χ0) is 7.28. The van der Waals surface area contributed by atoms with E-state index >= 15 is 0 Å². The molecule has 2 N–H and O–H groups in total. The Bertz CT molecular complexity index is 85.0. The van der Waals surface area contributed by atoms with Crippen LogP contribution < -0.4 is 10.2 Å². The van der Waals surface area contributed by atoms with Crippen molar-refractivity contribution in [2.45, 2.75) is 19.6 Å². The Balaban J connectivity index is 3.16. The molecule has 2 nitrogen and oxygen atoms in total. The molecule has 0 heterocycles. The lowest BCUT2D eigenvalue weighted by Crippen LogP contribution is -2.47. The van der Waals surface area contributed by atoms with Crippen LogP contribution in [0.15, 0.2) is 12.3 Å². The Labute approximate surface area is 60.7 Å². The predicted octanol–water partition coefficient (Wildman–Crippen LogP) is 0.143.